The number of nitrogens with zero attached hydrogens (tertiary/aromatic N) is 2. The van der Waals surface area contributed by atoms with Crippen LogP contribution < -0.4 is 0 Å². The molecule has 0 aliphatic carbocycles. The van der Waals surface area contributed by atoms with Crippen LogP contribution in [0.3, 0.4) is 0 Å². The van der Waals surface area contributed by atoms with Crippen molar-refractivity contribution in [1.82, 2.24) is 4.90 Å². The summed E-state index contributed by atoms with van der Waals surface area (Å²) in [5, 5.41) is 12.3. The first-order valence-corrected chi connectivity index (χ1v) is 9.25. The van der Waals surface area contributed by atoms with Crippen LogP contribution in [-0.2, 0) is 16.1 Å². The summed E-state index contributed by atoms with van der Waals surface area (Å²) in [6.45, 7) is 0.723. The summed E-state index contributed by atoms with van der Waals surface area (Å²) in [5.74, 6) is -1.54. The Kier molecular flexibility index (Phi) is 5.80. The molecule has 1 aromatic heterocycles. The molecule has 3 rings (SSSR count). The van der Waals surface area contributed by atoms with Crippen LogP contribution in [0, 0.1) is 21.8 Å². The molecule has 1 saturated heterocycles. The van der Waals surface area contributed by atoms with Crippen LogP contribution in [0.1, 0.15) is 28.8 Å². The van der Waals surface area contributed by atoms with Gasteiger partial charge in [-0.2, -0.15) is 0 Å². The van der Waals surface area contributed by atoms with E-state index in [0.29, 0.717) is 30.5 Å². The van der Waals surface area contributed by atoms with Crippen LogP contribution in [0.15, 0.2) is 35.7 Å². The molecule has 0 saturated carbocycles. The number of benzene rings is 1. The van der Waals surface area contributed by atoms with Crippen molar-refractivity contribution in [2.75, 3.05) is 13.1 Å². The van der Waals surface area contributed by atoms with Crippen molar-refractivity contribution in [2.45, 2.75) is 19.4 Å². The number of likely N-dealkylation sites (tertiary alicyclic amines) is 1. The number of hydrogen-bond donors (Lipinski definition) is 0. The molecule has 2 aromatic rings. The zero-order valence-electron chi connectivity index (χ0n) is 14.3. The lowest BCUT2D eigenvalue weighted by Gasteiger charge is -2.31. The fraction of sp³-hybridized carbons (Fsp3) is 0.333. The van der Waals surface area contributed by atoms with E-state index in [4.69, 9.17) is 4.74 Å². The van der Waals surface area contributed by atoms with Gasteiger partial charge in [-0.05, 0) is 37.1 Å². The standard InChI is InChI=1S/C18H17FN2O5S/c19-15-5-3-13(4-6-15)17(22)20-7-1-2-14(9-20)18(23)26-10-12-8-16(21(24)25)27-11-12/h3-6,8,11,14H,1-2,7,9-10H2. The minimum absolute atomic E-state index is 0.00483. The lowest BCUT2D eigenvalue weighted by molar-refractivity contribution is -0.380. The van der Waals surface area contributed by atoms with Crippen LogP contribution >= 0.6 is 11.3 Å². The number of esters is 1. The van der Waals surface area contributed by atoms with E-state index in [2.05, 4.69) is 0 Å². The van der Waals surface area contributed by atoms with Crippen molar-refractivity contribution in [2.24, 2.45) is 5.92 Å². The van der Waals surface area contributed by atoms with Gasteiger partial charge in [0.2, 0.25) is 0 Å². The lowest BCUT2D eigenvalue weighted by atomic mass is 9.97. The first kappa shape index (κ1) is 19.0. The van der Waals surface area contributed by atoms with Crippen molar-refractivity contribution in [3.8, 4) is 0 Å². The van der Waals surface area contributed by atoms with Gasteiger partial charge in [0.25, 0.3) is 5.91 Å². The van der Waals surface area contributed by atoms with Gasteiger partial charge in [-0.3, -0.25) is 19.7 Å². The van der Waals surface area contributed by atoms with Gasteiger partial charge in [0.15, 0.2) is 0 Å². The molecule has 1 fully saturated rings. The Balaban J connectivity index is 1.56. The van der Waals surface area contributed by atoms with Crippen LogP contribution in [-0.4, -0.2) is 34.8 Å². The molecule has 1 unspecified atom stereocenters. The van der Waals surface area contributed by atoms with Crippen molar-refractivity contribution < 1.29 is 23.6 Å². The second kappa shape index (κ2) is 8.26. The van der Waals surface area contributed by atoms with Gasteiger partial charge < -0.3 is 9.64 Å². The average Bonchev–Trinajstić information content (AvgIpc) is 3.16. The molecule has 0 radical (unpaired) electrons. The highest BCUT2D eigenvalue weighted by Crippen LogP contribution is 2.24. The van der Waals surface area contributed by atoms with E-state index < -0.39 is 22.6 Å². The van der Waals surface area contributed by atoms with Gasteiger partial charge in [0.1, 0.15) is 12.4 Å². The molecular formula is C18H17FN2O5S. The summed E-state index contributed by atoms with van der Waals surface area (Å²) in [6.07, 6.45) is 1.27. The molecule has 1 amide bonds. The number of hydrogen-bond acceptors (Lipinski definition) is 6. The van der Waals surface area contributed by atoms with Crippen LogP contribution in [0.5, 0.6) is 0 Å². The Morgan fingerprint density at radius 3 is 2.74 bits per heavy atom. The second-order valence-corrected chi connectivity index (χ2v) is 7.14. The maximum atomic E-state index is 13.0. The molecule has 7 nitrogen and oxygen atoms in total. The number of thiophene rings is 1. The number of ether oxygens (including phenoxy) is 1. The lowest BCUT2D eigenvalue weighted by Crippen LogP contribution is -2.42. The normalized spacial score (nSPS) is 16.8. The largest absolute Gasteiger partial charge is 0.461 e. The molecule has 27 heavy (non-hydrogen) atoms. The molecule has 0 bridgehead atoms. The zero-order chi connectivity index (χ0) is 19.4. The maximum absolute atomic E-state index is 13.0. The van der Waals surface area contributed by atoms with E-state index in [-0.39, 0.29) is 24.1 Å². The average molecular weight is 392 g/mol. The molecule has 1 atom stereocenters. The van der Waals surface area contributed by atoms with E-state index in [9.17, 15) is 24.1 Å². The minimum atomic E-state index is -0.490. The minimum Gasteiger partial charge on any atom is -0.461 e. The molecule has 1 aliphatic heterocycles. The molecule has 2 heterocycles. The van der Waals surface area contributed by atoms with Gasteiger partial charge in [0, 0.05) is 35.7 Å². The van der Waals surface area contributed by atoms with E-state index in [1.807, 2.05) is 0 Å². The van der Waals surface area contributed by atoms with Gasteiger partial charge in [-0.15, -0.1) is 0 Å². The third kappa shape index (κ3) is 4.68. The van der Waals surface area contributed by atoms with Crippen molar-refractivity contribution >= 4 is 28.2 Å². The monoisotopic (exact) mass is 392 g/mol. The zero-order valence-corrected chi connectivity index (χ0v) is 15.1. The Morgan fingerprint density at radius 2 is 2.07 bits per heavy atom. The fourth-order valence-corrected chi connectivity index (χ4v) is 3.65. The highest BCUT2D eigenvalue weighted by Gasteiger charge is 2.30. The molecule has 0 spiro atoms. The molecule has 9 heteroatoms. The van der Waals surface area contributed by atoms with E-state index >= 15 is 0 Å². The summed E-state index contributed by atoms with van der Waals surface area (Å²) in [7, 11) is 0. The number of nitro groups is 1. The first-order chi connectivity index (χ1) is 12.9. The molecule has 1 aliphatic rings. The Labute approximate surface area is 158 Å². The van der Waals surface area contributed by atoms with Crippen LogP contribution in [0.2, 0.25) is 0 Å². The number of rotatable bonds is 5. The number of halogens is 1. The van der Waals surface area contributed by atoms with E-state index in [1.54, 1.807) is 10.3 Å². The number of piperidine rings is 1. The number of carbonyl (C=O) groups excluding carboxylic acids is 2. The van der Waals surface area contributed by atoms with E-state index in [1.165, 1.54) is 30.3 Å². The fourth-order valence-electron chi connectivity index (χ4n) is 2.94. The number of amides is 1. The topological polar surface area (TPSA) is 89.8 Å². The number of carbonyl (C=O) groups is 2. The summed E-state index contributed by atoms with van der Waals surface area (Å²) < 4.78 is 18.3. The maximum Gasteiger partial charge on any atom is 0.324 e. The van der Waals surface area contributed by atoms with Crippen molar-refractivity contribution in [1.29, 1.82) is 0 Å². The molecule has 1 aromatic carbocycles. The molecule has 0 N–H and O–H groups in total. The van der Waals surface area contributed by atoms with E-state index in [0.717, 1.165) is 11.3 Å². The predicted molar refractivity (Wildman–Crippen MR) is 95.8 cm³/mol. The molecular weight excluding hydrogens is 375 g/mol. The second-order valence-electron chi connectivity index (χ2n) is 6.26. The van der Waals surface area contributed by atoms with Gasteiger partial charge in [0.05, 0.1) is 10.8 Å². The highest BCUT2D eigenvalue weighted by atomic mass is 32.1. The molecule has 142 valence electrons. The predicted octanol–water partition coefficient (Wildman–Crippen LogP) is 3.39. The highest BCUT2D eigenvalue weighted by molar-refractivity contribution is 7.13. The Bertz CT molecular complexity index is 852. The summed E-state index contributed by atoms with van der Waals surface area (Å²) in [5.41, 5.74) is 0.936. The van der Waals surface area contributed by atoms with Crippen LogP contribution in [0.25, 0.3) is 0 Å². The van der Waals surface area contributed by atoms with Gasteiger partial charge in [-0.1, -0.05) is 11.3 Å². The Morgan fingerprint density at radius 1 is 1.33 bits per heavy atom. The summed E-state index contributed by atoms with van der Waals surface area (Å²) in [4.78, 5) is 36.6. The van der Waals surface area contributed by atoms with Gasteiger partial charge >= 0.3 is 11.0 Å². The van der Waals surface area contributed by atoms with Crippen LogP contribution in [0.4, 0.5) is 9.39 Å². The Hall–Kier alpha value is -2.81. The SMILES string of the molecule is O=C(OCc1csc([N+](=O)[O-])c1)C1CCCN(C(=O)c2ccc(F)cc2)C1. The third-order valence-corrected chi connectivity index (χ3v) is 5.26. The smallest absolute Gasteiger partial charge is 0.324 e. The van der Waals surface area contributed by atoms with Crippen molar-refractivity contribution in [3.05, 3.63) is 62.8 Å². The van der Waals surface area contributed by atoms with Gasteiger partial charge in [-0.25, -0.2) is 4.39 Å². The third-order valence-electron chi connectivity index (χ3n) is 4.33. The quantitative estimate of drug-likeness (QED) is 0.442. The first-order valence-electron chi connectivity index (χ1n) is 8.37. The summed E-state index contributed by atoms with van der Waals surface area (Å²) >= 11 is 0.978. The van der Waals surface area contributed by atoms with Crippen molar-refractivity contribution in [3.63, 3.8) is 0 Å². The summed E-state index contributed by atoms with van der Waals surface area (Å²) in [6, 6.07) is 6.67.